The van der Waals surface area contributed by atoms with E-state index in [1.54, 1.807) is 31.2 Å². The van der Waals surface area contributed by atoms with Gasteiger partial charge in [0.15, 0.2) is 6.61 Å². The van der Waals surface area contributed by atoms with E-state index >= 15 is 0 Å². The normalized spacial score (nSPS) is 15.2. The fourth-order valence-electron chi connectivity index (χ4n) is 4.08. The Labute approximate surface area is 223 Å². The molecule has 11 heteroatoms. The summed E-state index contributed by atoms with van der Waals surface area (Å²) in [5.41, 5.74) is 1.61. The molecule has 1 aliphatic rings. The highest BCUT2D eigenvalue weighted by Crippen LogP contribution is 2.22. The van der Waals surface area contributed by atoms with Crippen LogP contribution in [0.15, 0.2) is 88.7 Å². The summed E-state index contributed by atoms with van der Waals surface area (Å²) >= 11 is 0. The number of carbonyl (C=O) groups is 1. The molecule has 0 aromatic heterocycles. The van der Waals surface area contributed by atoms with Gasteiger partial charge in [0, 0.05) is 25.7 Å². The summed E-state index contributed by atoms with van der Waals surface area (Å²) in [6.07, 6.45) is 1.75. The molecule has 202 valence electrons. The van der Waals surface area contributed by atoms with Crippen molar-refractivity contribution >= 4 is 26.0 Å². The summed E-state index contributed by atoms with van der Waals surface area (Å²) in [5.74, 6) is -0.0134. The Morgan fingerprint density at radius 1 is 0.868 bits per heavy atom. The minimum Gasteiger partial charge on any atom is -0.484 e. The smallest absolute Gasteiger partial charge is 0.258 e. The third-order valence-corrected chi connectivity index (χ3v) is 9.72. The molecule has 1 saturated heterocycles. The van der Waals surface area contributed by atoms with Crippen molar-refractivity contribution in [3.8, 4) is 5.75 Å². The van der Waals surface area contributed by atoms with Gasteiger partial charge in [-0.3, -0.25) is 4.79 Å². The van der Waals surface area contributed by atoms with Gasteiger partial charge >= 0.3 is 0 Å². The monoisotopic (exact) mass is 557 g/mol. The molecule has 38 heavy (non-hydrogen) atoms. The second-order valence-corrected chi connectivity index (χ2v) is 12.7. The summed E-state index contributed by atoms with van der Waals surface area (Å²) in [5, 5.41) is 2.73. The second kappa shape index (κ2) is 12.1. The first-order valence-electron chi connectivity index (χ1n) is 12.3. The van der Waals surface area contributed by atoms with Crippen LogP contribution in [0.1, 0.15) is 36.9 Å². The van der Waals surface area contributed by atoms with Crippen molar-refractivity contribution in [1.82, 2.24) is 14.3 Å². The topological polar surface area (TPSA) is 122 Å². The van der Waals surface area contributed by atoms with Crippen LogP contribution < -0.4 is 14.8 Å². The number of hydrogen-bond donors (Lipinski definition) is 2. The highest BCUT2D eigenvalue weighted by molar-refractivity contribution is 7.89. The molecule has 4 rings (SSSR count). The molecule has 2 N–H and O–H groups in total. The number of sulfonamides is 2. The number of nitrogens with one attached hydrogen (secondary N) is 2. The van der Waals surface area contributed by atoms with Crippen LogP contribution in [0.2, 0.25) is 0 Å². The Balaban J connectivity index is 1.25. The zero-order valence-corrected chi connectivity index (χ0v) is 22.7. The third-order valence-electron chi connectivity index (χ3n) is 6.25. The van der Waals surface area contributed by atoms with Crippen LogP contribution in [0.3, 0.4) is 0 Å². The molecule has 1 heterocycles. The average molecular weight is 558 g/mol. The number of rotatable bonds is 11. The average Bonchev–Trinajstić information content (AvgIpc) is 3.48. The predicted octanol–water partition coefficient (Wildman–Crippen LogP) is 3.21. The first-order valence-corrected chi connectivity index (χ1v) is 15.2. The van der Waals surface area contributed by atoms with Gasteiger partial charge in [0.05, 0.1) is 9.79 Å². The number of nitrogens with zero attached hydrogens (tertiary/aromatic N) is 1. The minimum atomic E-state index is -3.74. The molecule has 0 aliphatic carbocycles. The van der Waals surface area contributed by atoms with Crippen LogP contribution >= 0.6 is 0 Å². The molecule has 0 unspecified atom stereocenters. The van der Waals surface area contributed by atoms with Crippen LogP contribution in [-0.4, -0.2) is 46.7 Å². The van der Waals surface area contributed by atoms with Gasteiger partial charge in [-0.05, 0) is 67.3 Å². The van der Waals surface area contributed by atoms with Gasteiger partial charge < -0.3 is 10.1 Å². The van der Waals surface area contributed by atoms with Gasteiger partial charge in [-0.25, -0.2) is 21.6 Å². The van der Waals surface area contributed by atoms with Crippen molar-refractivity contribution in [2.24, 2.45) is 0 Å². The highest BCUT2D eigenvalue weighted by atomic mass is 32.2. The van der Waals surface area contributed by atoms with Crippen molar-refractivity contribution in [3.63, 3.8) is 0 Å². The van der Waals surface area contributed by atoms with Gasteiger partial charge in [0.2, 0.25) is 20.0 Å². The van der Waals surface area contributed by atoms with E-state index < -0.39 is 26.1 Å². The fourth-order valence-corrected chi connectivity index (χ4v) is 6.83. The Bertz CT molecular complexity index is 1440. The van der Waals surface area contributed by atoms with Crippen molar-refractivity contribution in [1.29, 1.82) is 0 Å². The Kier molecular flexibility index (Phi) is 8.83. The number of carbonyl (C=O) groups excluding carboxylic acids is 1. The molecule has 1 fully saturated rings. The molecule has 3 aromatic rings. The van der Waals surface area contributed by atoms with Crippen LogP contribution in [-0.2, 0) is 31.4 Å². The lowest BCUT2D eigenvalue weighted by Gasteiger charge is -2.15. The van der Waals surface area contributed by atoms with Crippen molar-refractivity contribution in [3.05, 3.63) is 90.0 Å². The van der Waals surface area contributed by atoms with Crippen LogP contribution in [0.5, 0.6) is 5.75 Å². The van der Waals surface area contributed by atoms with Gasteiger partial charge in [-0.2, -0.15) is 4.31 Å². The first-order chi connectivity index (χ1) is 18.1. The molecular weight excluding hydrogens is 526 g/mol. The van der Waals surface area contributed by atoms with E-state index in [4.69, 9.17) is 4.74 Å². The molecular formula is C27H31N3O6S2. The quantitative estimate of drug-likeness (QED) is 0.373. The lowest BCUT2D eigenvalue weighted by molar-refractivity contribution is -0.123. The van der Waals surface area contributed by atoms with Crippen molar-refractivity contribution < 1.29 is 26.4 Å². The third kappa shape index (κ3) is 6.98. The van der Waals surface area contributed by atoms with E-state index in [1.807, 2.05) is 30.3 Å². The minimum absolute atomic E-state index is 0.0901. The zero-order chi connectivity index (χ0) is 27.2. The maximum absolute atomic E-state index is 12.7. The Morgan fingerprint density at radius 2 is 1.47 bits per heavy atom. The summed E-state index contributed by atoms with van der Waals surface area (Å²) < 4.78 is 60.3. The standard InChI is InChI=1S/C27H31N3O6S2/c1-21(23-7-3-2-4-8-23)29-37(32,33)25-15-11-24(12-16-25)36-20-27(31)28-19-22-9-13-26(14-10-22)38(34,35)30-17-5-6-18-30/h2-4,7-16,21,29H,5-6,17-20H2,1H3,(H,28,31)/t21-/m1/s1. The van der Waals surface area contributed by atoms with Gasteiger partial charge in [-0.1, -0.05) is 42.5 Å². The van der Waals surface area contributed by atoms with Gasteiger partial charge in [0.25, 0.3) is 5.91 Å². The maximum Gasteiger partial charge on any atom is 0.258 e. The summed E-state index contributed by atoms with van der Waals surface area (Å²) in [4.78, 5) is 12.6. The Hall–Kier alpha value is -3.25. The SMILES string of the molecule is C[C@@H](NS(=O)(=O)c1ccc(OCC(=O)NCc2ccc(S(=O)(=O)N3CCCC3)cc2)cc1)c1ccccc1. The van der Waals surface area contributed by atoms with Crippen molar-refractivity contribution in [2.45, 2.75) is 42.1 Å². The predicted molar refractivity (Wildman–Crippen MR) is 143 cm³/mol. The molecule has 0 saturated carbocycles. The molecule has 0 spiro atoms. The highest BCUT2D eigenvalue weighted by Gasteiger charge is 2.27. The van der Waals surface area contributed by atoms with E-state index in [-0.39, 0.29) is 28.8 Å². The van der Waals surface area contributed by atoms with Crippen molar-refractivity contribution in [2.75, 3.05) is 19.7 Å². The van der Waals surface area contributed by atoms with E-state index in [9.17, 15) is 21.6 Å². The number of benzene rings is 3. The fraction of sp³-hybridized carbons (Fsp3) is 0.296. The first kappa shape index (κ1) is 27.8. The second-order valence-electron chi connectivity index (χ2n) is 9.05. The largest absolute Gasteiger partial charge is 0.484 e. The Morgan fingerprint density at radius 3 is 2.11 bits per heavy atom. The van der Waals surface area contributed by atoms with Crippen LogP contribution in [0, 0.1) is 0 Å². The summed E-state index contributed by atoms with van der Waals surface area (Å²) in [7, 11) is -7.21. The van der Waals surface area contributed by atoms with E-state index in [2.05, 4.69) is 10.0 Å². The number of amides is 1. The van der Waals surface area contributed by atoms with Gasteiger partial charge in [-0.15, -0.1) is 0 Å². The molecule has 1 atom stereocenters. The molecule has 0 bridgehead atoms. The number of ether oxygens (including phenoxy) is 1. The zero-order valence-electron chi connectivity index (χ0n) is 21.0. The van der Waals surface area contributed by atoms with Crippen LogP contribution in [0.4, 0.5) is 0 Å². The molecule has 9 nitrogen and oxygen atoms in total. The molecule has 1 amide bonds. The molecule has 3 aromatic carbocycles. The molecule has 1 aliphatic heterocycles. The van der Waals surface area contributed by atoms with E-state index in [0.717, 1.165) is 24.0 Å². The van der Waals surface area contributed by atoms with E-state index in [1.165, 1.54) is 28.6 Å². The van der Waals surface area contributed by atoms with Gasteiger partial charge in [0.1, 0.15) is 5.75 Å². The van der Waals surface area contributed by atoms with E-state index in [0.29, 0.717) is 18.8 Å². The lowest BCUT2D eigenvalue weighted by atomic mass is 10.1. The lowest BCUT2D eigenvalue weighted by Crippen LogP contribution is -2.29. The van der Waals surface area contributed by atoms with Crippen LogP contribution in [0.25, 0.3) is 0 Å². The molecule has 0 radical (unpaired) electrons. The summed E-state index contributed by atoms with van der Waals surface area (Å²) in [6, 6.07) is 21.2. The number of hydrogen-bond acceptors (Lipinski definition) is 6. The summed E-state index contributed by atoms with van der Waals surface area (Å²) in [6.45, 7) is 2.82. The maximum atomic E-state index is 12.7.